The summed E-state index contributed by atoms with van der Waals surface area (Å²) in [6, 6.07) is 25.6. The van der Waals surface area contributed by atoms with Crippen molar-refractivity contribution in [1.29, 1.82) is 0 Å². The van der Waals surface area contributed by atoms with Crippen LogP contribution in [0.2, 0.25) is 0 Å². The number of rotatable bonds is 3. The van der Waals surface area contributed by atoms with E-state index in [1.54, 1.807) is 42.5 Å². The first-order valence-corrected chi connectivity index (χ1v) is 14.7. The molecule has 0 N–H and O–H groups in total. The summed E-state index contributed by atoms with van der Waals surface area (Å²) >= 11 is 0. The summed E-state index contributed by atoms with van der Waals surface area (Å²) in [5, 5.41) is 0.693. The van der Waals surface area contributed by atoms with E-state index in [2.05, 4.69) is 22.1 Å². The summed E-state index contributed by atoms with van der Waals surface area (Å²) in [4.78, 5) is 8.48. The first-order chi connectivity index (χ1) is 29.7. The number of aromatic nitrogens is 2. The van der Waals surface area contributed by atoms with Crippen LogP contribution in [0.15, 0.2) is 95.7 Å². The topological polar surface area (TPSA) is 38.9 Å². The fourth-order valence-electron chi connectivity index (χ4n) is 5.23. The molecule has 7 rings (SSSR count). The summed E-state index contributed by atoms with van der Waals surface area (Å²) in [6.07, 6.45) is 2.47. The average molecular weight is 825 g/mol. The van der Waals surface area contributed by atoms with E-state index in [4.69, 9.17) is 29.1 Å². The van der Waals surface area contributed by atoms with E-state index in [0.29, 0.717) is 16.6 Å². The third kappa shape index (κ3) is 7.21. The third-order valence-electron chi connectivity index (χ3n) is 7.72. The maximum absolute atomic E-state index is 8.28. The van der Waals surface area contributed by atoms with Gasteiger partial charge in [-0.1, -0.05) is 86.6 Å². The molecular formula is C44H42IrN2O-2. The van der Waals surface area contributed by atoms with Gasteiger partial charge in [-0.15, -0.1) is 53.6 Å². The van der Waals surface area contributed by atoms with E-state index >= 15 is 0 Å². The fraction of sp³-hybridized carbons (Fsp3) is 0.227. The van der Waals surface area contributed by atoms with E-state index in [9.17, 15) is 0 Å². The van der Waals surface area contributed by atoms with Crippen molar-refractivity contribution in [3.05, 3.63) is 142 Å². The molecule has 0 unspecified atom stereocenters. The fourth-order valence-corrected chi connectivity index (χ4v) is 5.23. The largest absolute Gasteiger partial charge is 0.500 e. The first kappa shape index (κ1) is 18.4. The quantitative estimate of drug-likeness (QED) is 0.167. The van der Waals surface area contributed by atoms with Gasteiger partial charge in [0.2, 0.25) is 0 Å². The molecule has 0 aliphatic carbocycles. The average Bonchev–Trinajstić information content (AvgIpc) is 3.57. The summed E-state index contributed by atoms with van der Waals surface area (Å²) in [7, 11) is 0. The second-order valence-corrected chi connectivity index (χ2v) is 12.1. The Labute approximate surface area is 324 Å². The molecule has 0 aliphatic rings. The van der Waals surface area contributed by atoms with Crippen LogP contribution < -0.4 is 0 Å². The number of fused-ring (bicyclic) bond motifs is 3. The van der Waals surface area contributed by atoms with Gasteiger partial charge in [0.25, 0.3) is 0 Å². The second kappa shape index (κ2) is 14.0. The Balaban J connectivity index is 0.000000325. The normalized spacial score (nSPS) is 18.4. The minimum atomic E-state index is -2.69. The van der Waals surface area contributed by atoms with E-state index in [1.807, 2.05) is 20.8 Å². The van der Waals surface area contributed by atoms with Crippen molar-refractivity contribution in [2.75, 3.05) is 0 Å². The van der Waals surface area contributed by atoms with Crippen LogP contribution in [-0.2, 0) is 25.5 Å². The molecule has 48 heavy (non-hydrogen) atoms. The molecule has 0 bridgehead atoms. The molecule has 1 radical (unpaired) electrons. The molecule has 0 fully saturated rings. The van der Waals surface area contributed by atoms with Gasteiger partial charge in [0.05, 0.1) is 5.58 Å². The van der Waals surface area contributed by atoms with E-state index in [1.165, 1.54) is 42.7 Å². The molecule has 0 spiro atoms. The SMILES string of the molecule is [2H]C([2H])([2H])c1c[c-]c(-c2ccc(C([2H])([2H])[2H])cn2)cc1.[2H]C([2H])([2H])c1cc(C([2H])([2H])[2H])c2oc3c(-c4cc(-c5ccc(C(C)(C)C)cc5C([2H])([2H])[2H])c(C([2H])([2H])[2H])cn4)[c-]ccc3c2c1.[Ir]. The zero-order chi connectivity index (χ0) is 48.5. The summed E-state index contributed by atoms with van der Waals surface area (Å²) in [5.74, 6) is 0. The maximum atomic E-state index is 8.28. The van der Waals surface area contributed by atoms with E-state index in [-0.39, 0.29) is 97.8 Å². The van der Waals surface area contributed by atoms with Crippen molar-refractivity contribution in [3.63, 3.8) is 0 Å². The van der Waals surface area contributed by atoms with Crippen molar-refractivity contribution in [2.45, 2.75) is 67.3 Å². The molecule has 4 aromatic carbocycles. The molecule has 0 amide bonds. The van der Waals surface area contributed by atoms with Crippen molar-refractivity contribution < 1.29 is 49.2 Å². The van der Waals surface area contributed by atoms with Crippen LogP contribution in [0.1, 0.15) is 84.4 Å². The van der Waals surface area contributed by atoms with Crippen LogP contribution in [0, 0.1) is 53.2 Å². The van der Waals surface area contributed by atoms with Gasteiger partial charge in [-0.05, 0) is 96.1 Å². The van der Waals surface area contributed by atoms with E-state index in [0.717, 1.165) is 11.6 Å². The van der Waals surface area contributed by atoms with Gasteiger partial charge in [-0.25, -0.2) is 0 Å². The number of furan rings is 1. The molecule has 245 valence electrons. The summed E-state index contributed by atoms with van der Waals surface area (Å²) in [5.41, 5.74) is 2.33. The predicted octanol–water partition coefficient (Wildman–Crippen LogP) is 11.8. The number of pyridine rings is 2. The van der Waals surface area contributed by atoms with Crippen molar-refractivity contribution in [3.8, 4) is 33.6 Å². The minimum Gasteiger partial charge on any atom is -0.500 e. The van der Waals surface area contributed by atoms with Gasteiger partial charge in [0, 0.05) is 62.6 Å². The first-order valence-electron chi connectivity index (χ1n) is 23.7. The van der Waals surface area contributed by atoms with Crippen molar-refractivity contribution in [2.24, 2.45) is 0 Å². The molecule has 0 saturated heterocycles. The number of benzene rings is 4. The zero-order valence-electron chi connectivity index (χ0n) is 44.3. The molecule has 7 aromatic rings. The summed E-state index contributed by atoms with van der Waals surface area (Å²) in [6.45, 7) is -8.95. The Morgan fingerprint density at radius 3 is 2.10 bits per heavy atom. The zero-order valence-corrected chi connectivity index (χ0v) is 28.7. The van der Waals surface area contributed by atoms with Crippen molar-refractivity contribution >= 4 is 21.9 Å². The molecular weight excluding hydrogens is 765 g/mol. The minimum absolute atomic E-state index is 0. The maximum Gasteiger partial charge on any atom is 0.123 e. The van der Waals surface area contributed by atoms with Crippen LogP contribution in [0.25, 0.3) is 55.6 Å². The number of aryl methyl sites for hydroxylation is 6. The number of nitrogens with zero attached hydrogens (tertiary/aromatic N) is 2. The standard InChI is InChI=1S/C31H30NO.C13H12N.Ir/c1-18-13-20(3)29-27(14-18)24-9-8-10-25(30(24)33-29)28-16-26(21(4)17-32-28)23-12-11-22(15-19(23)2)31(5,6)7;1-10-3-6-12(7-4-10)13-8-5-11(2)9-14-13;/h8-9,11-17H,1-7H3;3-6,8-9H,1-2H3;/q2*-1;/i1D3,2D3,3D3,4D3;1D3,2D3;. The third-order valence-corrected chi connectivity index (χ3v) is 7.72. The molecule has 3 nitrogen and oxygen atoms in total. The van der Waals surface area contributed by atoms with Crippen LogP contribution in [0.4, 0.5) is 0 Å². The van der Waals surface area contributed by atoms with Crippen molar-refractivity contribution in [1.82, 2.24) is 9.97 Å². The van der Waals surface area contributed by atoms with Gasteiger partial charge in [0.15, 0.2) is 0 Å². The van der Waals surface area contributed by atoms with Gasteiger partial charge < -0.3 is 14.4 Å². The van der Waals surface area contributed by atoms with Gasteiger partial charge in [-0.3, -0.25) is 0 Å². The Bertz CT molecular complexity index is 2810. The Kier molecular flexibility index (Phi) is 5.37. The molecule has 4 heteroatoms. The van der Waals surface area contributed by atoms with Crippen LogP contribution in [0.3, 0.4) is 0 Å². The van der Waals surface area contributed by atoms with Crippen LogP contribution in [0.5, 0.6) is 0 Å². The van der Waals surface area contributed by atoms with E-state index < -0.39 is 41.1 Å². The molecule has 0 aliphatic heterocycles. The Morgan fingerprint density at radius 1 is 0.625 bits per heavy atom. The predicted molar refractivity (Wildman–Crippen MR) is 197 cm³/mol. The number of hydrogen-bond acceptors (Lipinski definition) is 3. The van der Waals surface area contributed by atoms with Crippen LogP contribution >= 0.6 is 0 Å². The number of hydrogen-bond donors (Lipinski definition) is 0. The van der Waals surface area contributed by atoms with Gasteiger partial charge in [0.1, 0.15) is 5.58 Å². The molecule has 3 heterocycles. The Hall–Kier alpha value is -4.37. The second-order valence-electron chi connectivity index (χ2n) is 12.1. The Morgan fingerprint density at radius 2 is 1.42 bits per heavy atom. The molecule has 0 atom stereocenters. The molecule has 3 aromatic heterocycles. The van der Waals surface area contributed by atoms with Gasteiger partial charge >= 0.3 is 0 Å². The smallest absolute Gasteiger partial charge is 0.123 e. The van der Waals surface area contributed by atoms with Crippen LogP contribution in [-0.4, -0.2) is 9.97 Å². The molecule has 0 saturated carbocycles. The monoisotopic (exact) mass is 825 g/mol. The summed E-state index contributed by atoms with van der Waals surface area (Å²) < 4.78 is 147. The van der Waals surface area contributed by atoms with Gasteiger partial charge in [-0.2, -0.15) is 0 Å².